The molecule has 1 unspecified atom stereocenters. The summed E-state index contributed by atoms with van der Waals surface area (Å²) < 4.78 is 13.9. The van der Waals surface area contributed by atoms with Gasteiger partial charge in [-0.15, -0.1) is 11.3 Å². The SMILES string of the molecule is CCC(N)(c1ccccc1F)c1sccc1C. The van der Waals surface area contributed by atoms with Crippen LogP contribution in [-0.4, -0.2) is 0 Å². The molecular weight excluding hydrogens is 233 g/mol. The fraction of sp³-hybridized carbons (Fsp3) is 0.286. The van der Waals surface area contributed by atoms with E-state index in [1.54, 1.807) is 23.5 Å². The van der Waals surface area contributed by atoms with Crippen molar-refractivity contribution in [2.45, 2.75) is 25.8 Å². The van der Waals surface area contributed by atoms with Crippen molar-refractivity contribution in [3.05, 3.63) is 57.5 Å². The van der Waals surface area contributed by atoms with Crippen LogP contribution in [0.3, 0.4) is 0 Å². The van der Waals surface area contributed by atoms with E-state index in [1.165, 1.54) is 6.07 Å². The Morgan fingerprint density at radius 1 is 1.29 bits per heavy atom. The van der Waals surface area contributed by atoms with Crippen LogP contribution in [0.25, 0.3) is 0 Å². The fourth-order valence-electron chi connectivity index (χ4n) is 2.13. The van der Waals surface area contributed by atoms with Crippen LogP contribution in [0.4, 0.5) is 4.39 Å². The summed E-state index contributed by atoms with van der Waals surface area (Å²) in [5, 5.41) is 2.00. The van der Waals surface area contributed by atoms with Crippen molar-refractivity contribution < 1.29 is 4.39 Å². The standard InChI is InChI=1S/C14H16FNS/c1-3-14(16,13-10(2)8-9-17-13)11-6-4-5-7-12(11)15/h4-9H,3,16H2,1-2H3. The number of thiophene rings is 1. The van der Waals surface area contributed by atoms with Crippen molar-refractivity contribution in [3.8, 4) is 0 Å². The molecule has 1 aromatic heterocycles. The van der Waals surface area contributed by atoms with E-state index in [0.717, 1.165) is 10.4 Å². The van der Waals surface area contributed by atoms with Gasteiger partial charge in [-0.25, -0.2) is 4.39 Å². The van der Waals surface area contributed by atoms with Crippen molar-refractivity contribution >= 4 is 11.3 Å². The van der Waals surface area contributed by atoms with Crippen molar-refractivity contribution in [3.63, 3.8) is 0 Å². The van der Waals surface area contributed by atoms with Crippen molar-refractivity contribution in [2.75, 3.05) is 0 Å². The first-order valence-electron chi connectivity index (χ1n) is 5.68. The average molecular weight is 249 g/mol. The molecule has 0 aliphatic carbocycles. The van der Waals surface area contributed by atoms with Gasteiger partial charge in [0.15, 0.2) is 0 Å². The number of nitrogens with two attached hydrogens (primary N) is 1. The van der Waals surface area contributed by atoms with Gasteiger partial charge in [-0.05, 0) is 36.4 Å². The van der Waals surface area contributed by atoms with Crippen LogP contribution >= 0.6 is 11.3 Å². The number of hydrogen-bond acceptors (Lipinski definition) is 2. The fourth-order valence-corrected chi connectivity index (χ4v) is 3.25. The minimum absolute atomic E-state index is 0.232. The van der Waals surface area contributed by atoms with Crippen molar-refractivity contribution in [2.24, 2.45) is 5.73 Å². The Morgan fingerprint density at radius 2 is 2.00 bits per heavy atom. The summed E-state index contributed by atoms with van der Waals surface area (Å²) in [6.45, 7) is 4.01. The van der Waals surface area contributed by atoms with Crippen LogP contribution in [0.1, 0.15) is 29.3 Å². The van der Waals surface area contributed by atoms with Gasteiger partial charge in [0.1, 0.15) is 5.82 Å². The summed E-state index contributed by atoms with van der Waals surface area (Å²) in [5.74, 6) is -0.232. The molecule has 1 nitrogen and oxygen atoms in total. The van der Waals surface area contributed by atoms with E-state index in [9.17, 15) is 4.39 Å². The molecule has 0 aliphatic rings. The largest absolute Gasteiger partial charge is 0.317 e. The minimum atomic E-state index is -0.719. The molecule has 3 heteroatoms. The molecule has 17 heavy (non-hydrogen) atoms. The number of benzene rings is 1. The summed E-state index contributed by atoms with van der Waals surface area (Å²) in [4.78, 5) is 1.05. The first-order valence-corrected chi connectivity index (χ1v) is 6.56. The predicted octanol–water partition coefficient (Wildman–Crippen LogP) is 3.81. The van der Waals surface area contributed by atoms with Crippen molar-refractivity contribution in [1.82, 2.24) is 0 Å². The highest BCUT2D eigenvalue weighted by atomic mass is 32.1. The van der Waals surface area contributed by atoms with E-state index in [-0.39, 0.29) is 5.82 Å². The summed E-state index contributed by atoms with van der Waals surface area (Å²) in [6.07, 6.45) is 0.676. The molecule has 1 heterocycles. The Balaban J connectivity index is 2.60. The second-order valence-electron chi connectivity index (χ2n) is 4.24. The molecule has 2 rings (SSSR count). The molecule has 0 bridgehead atoms. The highest BCUT2D eigenvalue weighted by Gasteiger charge is 2.32. The molecule has 0 radical (unpaired) electrons. The molecule has 0 amide bonds. The summed E-state index contributed by atoms with van der Waals surface area (Å²) in [5.41, 5.74) is 7.44. The maximum atomic E-state index is 13.9. The summed E-state index contributed by atoms with van der Waals surface area (Å²) in [6, 6.07) is 8.79. The molecule has 0 fully saturated rings. The molecule has 1 aromatic carbocycles. The Kier molecular flexibility index (Phi) is 3.31. The third kappa shape index (κ3) is 2.01. The lowest BCUT2D eigenvalue weighted by atomic mass is 9.85. The van der Waals surface area contributed by atoms with E-state index < -0.39 is 5.54 Å². The first-order chi connectivity index (χ1) is 8.09. The summed E-state index contributed by atoms with van der Waals surface area (Å²) >= 11 is 1.59. The van der Waals surface area contributed by atoms with E-state index in [1.807, 2.05) is 31.4 Å². The van der Waals surface area contributed by atoms with Gasteiger partial charge in [0.25, 0.3) is 0 Å². The van der Waals surface area contributed by atoms with Gasteiger partial charge in [-0.1, -0.05) is 25.1 Å². The van der Waals surface area contributed by atoms with E-state index in [4.69, 9.17) is 5.73 Å². The van der Waals surface area contributed by atoms with Crippen molar-refractivity contribution in [1.29, 1.82) is 0 Å². The lowest BCUT2D eigenvalue weighted by molar-refractivity contribution is 0.485. The van der Waals surface area contributed by atoms with Crippen LogP contribution in [0.2, 0.25) is 0 Å². The second kappa shape index (κ2) is 4.59. The van der Waals surface area contributed by atoms with Gasteiger partial charge < -0.3 is 5.73 Å². The monoisotopic (exact) mass is 249 g/mol. The minimum Gasteiger partial charge on any atom is -0.317 e. The molecule has 90 valence electrons. The lowest BCUT2D eigenvalue weighted by Crippen LogP contribution is -2.37. The highest BCUT2D eigenvalue weighted by Crippen LogP contribution is 2.36. The Labute approximate surface area is 105 Å². The molecule has 0 aliphatic heterocycles. The predicted molar refractivity (Wildman–Crippen MR) is 70.7 cm³/mol. The third-order valence-electron chi connectivity index (χ3n) is 3.18. The molecule has 0 spiro atoms. The Hall–Kier alpha value is -1.19. The van der Waals surface area contributed by atoms with Gasteiger partial charge in [-0.3, -0.25) is 0 Å². The number of halogens is 1. The van der Waals surface area contributed by atoms with E-state index in [0.29, 0.717) is 12.0 Å². The molecule has 0 saturated carbocycles. The number of rotatable bonds is 3. The zero-order chi connectivity index (χ0) is 12.5. The molecule has 2 aromatic rings. The van der Waals surface area contributed by atoms with Crippen LogP contribution in [0.15, 0.2) is 35.7 Å². The van der Waals surface area contributed by atoms with Gasteiger partial charge in [0.05, 0.1) is 5.54 Å². The zero-order valence-electron chi connectivity index (χ0n) is 10.0. The van der Waals surface area contributed by atoms with Gasteiger partial charge >= 0.3 is 0 Å². The smallest absolute Gasteiger partial charge is 0.128 e. The van der Waals surface area contributed by atoms with Crippen LogP contribution in [-0.2, 0) is 5.54 Å². The molecular formula is C14H16FNS. The van der Waals surface area contributed by atoms with Crippen LogP contribution < -0.4 is 5.73 Å². The maximum Gasteiger partial charge on any atom is 0.128 e. The molecule has 0 saturated heterocycles. The Bertz CT molecular complexity index is 520. The summed E-state index contributed by atoms with van der Waals surface area (Å²) in [7, 11) is 0. The Morgan fingerprint density at radius 3 is 2.53 bits per heavy atom. The lowest BCUT2D eigenvalue weighted by Gasteiger charge is -2.29. The van der Waals surface area contributed by atoms with Gasteiger partial charge in [-0.2, -0.15) is 0 Å². The van der Waals surface area contributed by atoms with Crippen LogP contribution in [0.5, 0.6) is 0 Å². The van der Waals surface area contributed by atoms with Gasteiger partial charge in [0, 0.05) is 10.4 Å². The van der Waals surface area contributed by atoms with E-state index >= 15 is 0 Å². The molecule has 2 N–H and O–H groups in total. The quantitative estimate of drug-likeness (QED) is 0.879. The average Bonchev–Trinajstić information content (AvgIpc) is 2.76. The van der Waals surface area contributed by atoms with Crippen LogP contribution in [0, 0.1) is 12.7 Å². The zero-order valence-corrected chi connectivity index (χ0v) is 10.9. The second-order valence-corrected chi connectivity index (χ2v) is 5.15. The maximum absolute atomic E-state index is 13.9. The first kappa shape index (κ1) is 12.3. The van der Waals surface area contributed by atoms with E-state index in [2.05, 4.69) is 0 Å². The number of aryl methyl sites for hydroxylation is 1. The van der Waals surface area contributed by atoms with Gasteiger partial charge in [0.2, 0.25) is 0 Å². The normalized spacial score (nSPS) is 14.6. The molecule has 1 atom stereocenters. The number of hydrogen-bond donors (Lipinski definition) is 1. The third-order valence-corrected chi connectivity index (χ3v) is 4.37. The highest BCUT2D eigenvalue weighted by molar-refractivity contribution is 7.10. The topological polar surface area (TPSA) is 26.0 Å².